The molecule has 3 heteroatoms. The molecule has 0 aliphatic carbocycles. The van der Waals surface area contributed by atoms with Crippen molar-refractivity contribution in [2.24, 2.45) is 0 Å². The Hall–Kier alpha value is 0.651. The molecular weight excluding hydrogens is 228 g/mol. The summed E-state index contributed by atoms with van der Waals surface area (Å²) < 4.78 is 0. The van der Waals surface area contributed by atoms with Crippen molar-refractivity contribution < 1.29 is 0 Å². The third-order valence-electron chi connectivity index (χ3n) is 3.27. The summed E-state index contributed by atoms with van der Waals surface area (Å²) in [5, 5.41) is 0. The average Bonchev–Trinajstić information content (AvgIpc) is 2.01. The van der Waals surface area contributed by atoms with Gasteiger partial charge in [0.2, 0.25) is 0 Å². The lowest BCUT2D eigenvalue weighted by Crippen LogP contribution is -2.25. The van der Waals surface area contributed by atoms with E-state index in [1.807, 2.05) is 0 Å². The molecule has 0 radical (unpaired) electrons. The van der Waals surface area contributed by atoms with Crippen LogP contribution in [0, 0.1) is 0 Å². The van der Waals surface area contributed by atoms with E-state index in [1.54, 1.807) is 37.0 Å². The van der Waals surface area contributed by atoms with Crippen LogP contribution in [-0.2, 0) is 0 Å². The van der Waals surface area contributed by atoms with Crippen molar-refractivity contribution in [3.05, 3.63) is 0 Å². The minimum atomic E-state index is -0.793. The molecule has 0 amide bonds. The van der Waals surface area contributed by atoms with E-state index in [0.717, 1.165) is 0 Å². The van der Waals surface area contributed by atoms with Gasteiger partial charge in [-0.1, -0.05) is 76.3 Å². The van der Waals surface area contributed by atoms with Gasteiger partial charge in [0.1, 0.15) is 0 Å². The van der Waals surface area contributed by atoms with Crippen molar-refractivity contribution in [2.75, 3.05) is 0 Å². The molecule has 0 fully saturated rings. The Balaban J connectivity index is 3.57. The van der Waals surface area contributed by atoms with Gasteiger partial charge in [-0.3, -0.25) is 0 Å². The van der Waals surface area contributed by atoms with Gasteiger partial charge in [-0.2, -0.15) is 0 Å². The first kappa shape index (κ1) is 15.7. The van der Waals surface area contributed by atoms with Crippen molar-refractivity contribution >= 4 is 25.7 Å². The Morgan fingerprint density at radius 3 is 1.33 bits per heavy atom. The topological polar surface area (TPSA) is 0 Å². The maximum atomic E-state index is 2.61. The molecule has 0 aliphatic heterocycles. The molecule has 15 heavy (non-hydrogen) atoms. The molecule has 0 bridgehead atoms. The summed E-state index contributed by atoms with van der Waals surface area (Å²) in [4.78, 5) is 0. The molecule has 0 aliphatic rings. The Kier molecular flexibility index (Phi) is 8.19. The molecule has 0 aromatic carbocycles. The zero-order chi connectivity index (χ0) is 11.9. The molecule has 0 nitrogen and oxygen atoms in total. The molecule has 0 unspecified atom stereocenters. The second kappa shape index (κ2) is 7.85. The fourth-order valence-corrected chi connectivity index (χ4v) is 7.53. The van der Waals surface area contributed by atoms with E-state index in [1.165, 1.54) is 0 Å². The van der Waals surface area contributed by atoms with Crippen LogP contribution in [0.25, 0.3) is 0 Å². The Labute approximate surface area is 102 Å². The summed E-state index contributed by atoms with van der Waals surface area (Å²) in [7, 11) is -1.34. The number of rotatable bonds is 8. The van der Waals surface area contributed by atoms with Gasteiger partial charge in [-0.25, -0.2) is 0 Å². The van der Waals surface area contributed by atoms with Crippen molar-refractivity contribution in [3.8, 4) is 0 Å². The molecule has 0 atom stereocenters. The minimum Gasteiger partial charge on any atom is -0.0722 e. The maximum absolute atomic E-state index is 2.61. The van der Waals surface area contributed by atoms with Crippen molar-refractivity contribution in [2.45, 2.75) is 76.3 Å². The first-order chi connectivity index (χ1) is 6.83. The highest BCUT2D eigenvalue weighted by Crippen LogP contribution is 2.22. The third-order valence-corrected chi connectivity index (χ3v) is 9.81. The highest BCUT2D eigenvalue weighted by molar-refractivity contribution is 6.77. The smallest absolute Gasteiger partial charge is 0.0473 e. The van der Waals surface area contributed by atoms with Gasteiger partial charge in [0.15, 0.2) is 0 Å². The van der Waals surface area contributed by atoms with E-state index in [4.69, 9.17) is 0 Å². The van der Waals surface area contributed by atoms with Crippen LogP contribution in [-0.4, -0.2) is 25.7 Å². The highest BCUT2D eigenvalue weighted by Gasteiger charge is 2.19. The fourth-order valence-electron chi connectivity index (χ4n) is 2.10. The van der Waals surface area contributed by atoms with Crippen molar-refractivity contribution in [1.29, 1.82) is 0 Å². The van der Waals surface area contributed by atoms with E-state index >= 15 is 0 Å². The third kappa shape index (κ3) is 10.9. The molecule has 0 N–H and O–H groups in total. The Morgan fingerprint density at radius 2 is 1.07 bits per heavy atom. The Bertz CT molecular complexity index is 137. The predicted molar refractivity (Wildman–Crippen MR) is 83.7 cm³/mol. The molecule has 92 valence electrons. The summed E-state index contributed by atoms with van der Waals surface area (Å²) in [6.07, 6.45) is 3.09. The normalized spacial score (nSPS) is 12.8. The van der Waals surface area contributed by atoms with Crippen LogP contribution in [0.5, 0.6) is 0 Å². The van der Waals surface area contributed by atoms with Gasteiger partial charge in [0.05, 0.1) is 0 Å². The lowest BCUT2D eigenvalue weighted by Gasteiger charge is -2.23. The quantitative estimate of drug-likeness (QED) is 0.566. The zero-order valence-electron chi connectivity index (χ0n) is 11.9. The van der Waals surface area contributed by atoms with Gasteiger partial charge in [-0.05, 0) is 0 Å². The lowest BCUT2D eigenvalue weighted by atomic mass is 10.6. The van der Waals surface area contributed by atoms with Crippen molar-refractivity contribution in [3.63, 3.8) is 0 Å². The largest absolute Gasteiger partial charge is 0.0722 e. The maximum Gasteiger partial charge on any atom is 0.0473 e. The highest BCUT2D eigenvalue weighted by atomic mass is 28.3. The SMILES string of the molecule is C[SiH](C)CCC[Si](C)(C)CCC[SiH](C)C. The molecule has 0 heterocycles. The Morgan fingerprint density at radius 1 is 0.733 bits per heavy atom. The first-order valence-electron chi connectivity index (χ1n) is 6.83. The zero-order valence-corrected chi connectivity index (χ0v) is 15.2. The predicted octanol–water partition coefficient (Wildman–Crippen LogP) is 4.45. The molecule has 0 spiro atoms. The van der Waals surface area contributed by atoms with Gasteiger partial charge < -0.3 is 0 Å². The van der Waals surface area contributed by atoms with Gasteiger partial charge >= 0.3 is 0 Å². The summed E-state index contributed by atoms with van der Waals surface area (Å²) in [5.74, 6) is 0. The van der Waals surface area contributed by atoms with Gasteiger partial charge in [-0.15, -0.1) is 0 Å². The molecular formula is C12H32Si3. The van der Waals surface area contributed by atoms with Crippen LogP contribution in [0.3, 0.4) is 0 Å². The molecule has 0 aromatic heterocycles. The molecule has 0 aromatic rings. The standard InChI is InChI=1S/C12H32Si3/c1-13(2)9-7-11-15(5,6)12-8-10-14(3)4/h13-14H,7-12H2,1-6H3. The number of hydrogen-bond acceptors (Lipinski definition) is 0. The summed E-state index contributed by atoms with van der Waals surface area (Å²) in [6, 6.07) is 6.35. The second-order valence-corrected chi connectivity index (χ2v) is 18.8. The van der Waals surface area contributed by atoms with E-state index in [9.17, 15) is 0 Å². The fraction of sp³-hybridized carbons (Fsp3) is 1.00. The molecule has 0 rings (SSSR count). The van der Waals surface area contributed by atoms with Crippen LogP contribution < -0.4 is 0 Å². The van der Waals surface area contributed by atoms with Crippen LogP contribution >= 0.6 is 0 Å². The molecule has 0 saturated heterocycles. The van der Waals surface area contributed by atoms with E-state index in [0.29, 0.717) is 0 Å². The van der Waals surface area contributed by atoms with Crippen molar-refractivity contribution in [1.82, 2.24) is 0 Å². The monoisotopic (exact) mass is 260 g/mol. The summed E-state index contributed by atoms with van der Waals surface area (Å²) in [5.41, 5.74) is 0. The van der Waals surface area contributed by atoms with Gasteiger partial charge in [0.25, 0.3) is 0 Å². The average molecular weight is 261 g/mol. The first-order valence-corrected chi connectivity index (χ1v) is 16.5. The second-order valence-electron chi connectivity index (χ2n) is 6.74. The van der Waals surface area contributed by atoms with Crippen LogP contribution in [0.4, 0.5) is 0 Å². The minimum absolute atomic E-state index is 0.274. The van der Waals surface area contributed by atoms with Gasteiger partial charge in [0, 0.05) is 25.7 Å². The van der Waals surface area contributed by atoms with Crippen LogP contribution in [0.15, 0.2) is 0 Å². The van der Waals surface area contributed by atoms with E-state index in [2.05, 4.69) is 39.3 Å². The van der Waals surface area contributed by atoms with Crippen LogP contribution in [0.2, 0.25) is 63.5 Å². The summed E-state index contributed by atoms with van der Waals surface area (Å²) in [6.45, 7) is 15.2. The lowest BCUT2D eigenvalue weighted by molar-refractivity contribution is 0.966. The van der Waals surface area contributed by atoms with Crippen LogP contribution in [0.1, 0.15) is 12.8 Å². The molecule has 0 saturated carbocycles. The van der Waals surface area contributed by atoms with E-state index < -0.39 is 8.07 Å². The summed E-state index contributed by atoms with van der Waals surface area (Å²) >= 11 is 0. The number of hydrogen-bond donors (Lipinski definition) is 0. The van der Waals surface area contributed by atoms with E-state index in [-0.39, 0.29) is 17.6 Å².